The van der Waals surface area contributed by atoms with Gasteiger partial charge < -0.3 is 36.6 Å². The SMILES string of the molecule is CC(C)[C@H](N)C(=O)N1CCC[C@H]1C(=O)NCC(=O)N1CCC[C@H]1C(=O)N[C@@H](CCCNC(=N)N[N+](=O)[O-])C(=O)O. The maximum atomic E-state index is 12.9. The topological polar surface area (TPSA) is 253 Å². The van der Waals surface area contributed by atoms with Crippen molar-refractivity contribution in [1.82, 2.24) is 31.2 Å². The van der Waals surface area contributed by atoms with E-state index in [4.69, 9.17) is 11.1 Å². The first-order chi connectivity index (χ1) is 18.8. The molecule has 0 aromatic rings. The highest BCUT2D eigenvalue weighted by Gasteiger charge is 2.38. The number of carbonyl (C=O) groups excluding carboxylic acids is 4. The van der Waals surface area contributed by atoms with Gasteiger partial charge in [-0.15, -0.1) is 0 Å². The van der Waals surface area contributed by atoms with Gasteiger partial charge >= 0.3 is 5.97 Å². The second-order valence-electron chi connectivity index (χ2n) is 10.1. The molecule has 2 rings (SSSR count). The molecule has 0 bridgehead atoms. The lowest BCUT2D eigenvalue weighted by molar-refractivity contribution is -0.525. The molecular formula is C23H39N9O8. The van der Waals surface area contributed by atoms with Gasteiger partial charge in [0.2, 0.25) is 23.6 Å². The third-order valence-corrected chi connectivity index (χ3v) is 6.92. The second kappa shape index (κ2) is 14.9. The molecule has 0 aromatic heterocycles. The maximum absolute atomic E-state index is 12.9. The van der Waals surface area contributed by atoms with Gasteiger partial charge in [0.15, 0.2) is 5.03 Å². The number of carboxylic acids is 1. The van der Waals surface area contributed by atoms with Crippen molar-refractivity contribution < 1.29 is 34.1 Å². The number of likely N-dealkylation sites (tertiary alicyclic amines) is 2. The van der Waals surface area contributed by atoms with E-state index in [1.54, 1.807) is 5.43 Å². The summed E-state index contributed by atoms with van der Waals surface area (Å²) in [5, 5.41) is 33.6. The number of guanidine groups is 1. The number of hydrogen-bond acceptors (Lipinski definition) is 9. The van der Waals surface area contributed by atoms with Crippen LogP contribution in [0, 0.1) is 21.4 Å². The van der Waals surface area contributed by atoms with Crippen molar-refractivity contribution in [2.45, 2.75) is 76.5 Å². The molecule has 2 saturated heterocycles. The summed E-state index contributed by atoms with van der Waals surface area (Å²) in [6, 6.07) is -3.64. The Balaban J connectivity index is 1.87. The number of carboxylic acid groups (broad SMARTS) is 1. The van der Waals surface area contributed by atoms with Crippen molar-refractivity contribution in [2.75, 3.05) is 26.2 Å². The number of rotatable bonds is 13. The molecule has 0 spiro atoms. The maximum Gasteiger partial charge on any atom is 0.326 e. The predicted molar refractivity (Wildman–Crippen MR) is 140 cm³/mol. The zero-order chi connectivity index (χ0) is 30.0. The van der Waals surface area contributed by atoms with Gasteiger partial charge in [0.05, 0.1) is 12.6 Å². The van der Waals surface area contributed by atoms with E-state index in [0.29, 0.717) is 32.2 Å². The molecule has 2 aliphatic heterocycles. The molecule has 4 atom stereocenters. The molecule has 2 fully saturated rings. The van der Waals surface area contributed by atoms with Crippen molar-refractivity contribution >= 4 is 35.6 Å². The van der Waals surface area contributed by atoms with Crippen LogP contribution in [0.1, 0.15) is 52.4 Å². The summed E-state index contributed by atoms with van der Waals surface area (Å²) in [4.78, 5) is 75.9. The average Bonchev–Trinajstić information content (AvgIpc) is 3.57. The summed E-state index contributed by atoms with van der Waals surface area (Å²) in [6.07, 6.45) is 2.08. The van der Waals surface area contributed by atoms with E-state index in [-0.39, 0.29) is 44.3 Å². The lowest BCUT2D eigenvalue weighted by Crippen LogP contribution is -2.55. The molecule has 8 N–H and O–H groups in total. The fourth-order valence-corrected chi connectivity index (χ4v) is 4.68. The van der Waals surface area contributed by atoms with Crippen molar-refractivity contribution in [3.05, 3.63) is 10.1 Å². The third kappa shape index (κ3) is 9.03. The fourth-order valence-electron chi connectivity index (χ4n) is 4.68. The zero-order valence-electron chi connectivity index (χ0n) is 22.7. The van der Waals surface area contributed by atoms with Gasteiger partial charge in [-0.25, -0.2) is 14.9 Å². The Hall–Kier alpha value is -4.02. The highest BCUT2D eigenvalue weighted by atomic mass is 16.7. The number of nitrogens with two attached hydrogens (primary N) is 1. The molecule has 0 radical (unpaired) electrons. The predicted octanol–water partition coefficient (Wildman–Crippen LogP) is -2.28. The van der Waals surface area contributed by atoms with Crippen LogP contribution in [0.3, 0.4) is 0 Å². The molecular weight excluding hydrogens is 530 g/mol. The van der Waals surface area contributed by atoms with Crippen LogP contribution in [0.5, 0.6) is 0 Å². The van der Waals surface area contributed by atoms with Crippen LogP contribution in [0.4, 0.5) is 0 Å². The van der Waals surface area contributed by atoms with Crippen LogP contribution < -0.4 is 27.1 Å². The summed E-state index contributed by atoms with van der Waals surface area (Å²) < 4.78 is 0. The number of amides is 4. The standard InChI is InChI=1S/C23H39N9O8/c1-13(2)18(24)21(36)31-11-5-7-15(31)19(34)27-12-17(33)30-10-4-8-16(30)20(35)28-14(22(37)38)6-3-9-26-23(25)29-32(39)40/h13-16,18H,3-12,24H2,1-2H3,(H,27,34)(H,28,35)(H,37,38)(H3,25,26,29)/t14-,15-,16-,18-/m0/s1. The van der Waals surface area contributed by atoms with Gasteiger partial charge in [0.25, 0.3) is 5.96 Å². The molecule has 0 aliphatic carbocycles. The Bertz CT molecular complexity index is 991. The van der Waals surface area contributed by atoms with Gasteiger partial charge in [0.1, 0.15) is 18.1 Å². The molecule has 224 valence electrons. The smallest absolute Gasteiger partial charge is 0.326 e. The summed E-state index contributed by atoms with van der Waals surface area (Å²) in [5.41, 5.74) is 7.58. The first-order valence-electron chi connectivity index (χ1n) is 13.2. The Morgan fingerprint density at radius 1 is 1.05 bits per heavy atom. The Morgan fingerprint density at radius 2 is 1.65 bits per heavy atom. The Kier molecular flexibility index (Phi) is 12.0. The molecule has 2 aliphatic rings. The molecule has 0 unspecified atom stereocenters. The van der Waals surface area contributed by atoms with Gasteiger partial charge in [0, 0.05) is 19.6 Å². The van der Waals surface area contributed by atoms with Crippen LogP contribution in [0.15, 0.2) is 0 Å². The first kappa shape index (κ1) is 32.2. The number of hydrogen-bond donors (Lipinski definition) is 7. The first-order valence-corrected chi connectivity index (χ1v) is 13.2. The summed E-state index contributed by atoms with van der Waals surface area (Å²) in [5.74, 6) is -3.88. The number of carbonyl (C=O) groups is 5. The zero-order valence-corrected chi connectivity index (χ0v) is 22.7. The lowest BCUT2D eigenvalue weighted by Gasteiger charge is -2.29. The van der Waals surface area contributed by atoms with Crippen LogP contribution in [-0.4, -0.2) is 106 Å². The summed E-state index contributed by atoms with van der Waals surface area (Å²) in [6.45, 7) is 3.97. The van der Waals surface area contributed by atoms with Gasteiger partial charge in [-0.05, 0) is 44.4 Å². The highest BCUT2D eigenvalue weighted by molar-refractivity contribution is 5.94. The molecule has 40 heavy (non-hydrogen) atoms. The van der Waals surface area contributed by atoms with E-state index >= 15 is 0 Å². The van der Waals surface area contributed by atoms with E-state index in [9.17, 15) is 39.2 Å². The Labute approximate surface area is 231 Å². The van der Waals surface area contributed by atoms with Crippen LogP contribution in [-0.2, 0) is 24.0 Å². The van der Waals surface area contributed by atoms with Gasteiger partial charge in [-0.2, -0.15) is 0 Å². The fraction of sp³-hybridized carbons (Fsp3) is 0.739. The molecule has 17 nitrogen and oxygen atoms in total. The van der Waals surface area contributed by atoms with Crippen molar-refractivity contribution in [2.24, 2.45) is 11.7 Å². The Morgan fingerprint density at radius 3 is 2.23 bits per heavy atom. The number of nitrogens with zero attached hydrogens (tertiary/aromatic N) is 3. The van der Waals surface area contributed by atoms with Crippen LogP contribution in [0.2, 0.25) is 0 Å². The molecule has 0 saturated carbocycles. The minimum atomic E-state index is -1.29. The highest BCUT2D eigenvalue weighted by Crippen LogP contribution is 2.21. The third-order valence-electron chi connectivity index (χ3n) is 6.92. The molecule has 2 heterocycles. The largest absolute Gasteiger partial charge is 0.480 e. The van der Waals surface area contributed by atoms with E-state index < -0.39 is 58.9 Å². The quantitative estimate of drug-likeness (QED) is 0.0409. The van der Waals surface area contributed by atoms with Crippen LogP contribution in [0.25, 0.3) is 0 Å². The van der Waals surface area contributed by atoms with Crippen molar-refractivity contribution in [3.63, 3.8) is 0 Å². The van der Waals surface area contributed by atoms with Gasteiger partial charge in [-0.3, -0.25) is 24.6 Å². The lowest BCUT2D eigenvalue weighted by atomic mass is 10.0. The monoisotopic (exact) mass is 569 g/mol. The average molecular weight is 570 g/mol. The van der Waals surface area contributed by atoms with Crippen molar-refractivity contribution in [1.29, 1.82) is 5.41 Å². The number of nitro groups is 1. The van der Waals surface area contributed by atoms with E-state index in [1.165, 1.54) is 9.80 Å². The number of aliphatic carboxylic acids is 1. The minimum Gasteiger partial charge on any atom is -0.480 e. The minimum absolute atomic E-state index is 0.0202. The molecule has 17 heteroatoms. The molecule has 0 aromatic carbocycles. The summed E-state index contributed by atoms with van der Waals surface area (Å²) >= 11 is 0. The summed E-state index contributed by atoms with van der Waals surface area (Å²) in [7, 11) is 0. The number of hydrazine groups is 1. The van der Waals surface area contributed by atoms with Gasteiger partial charge in [-0.1, -0.05) is 19.3 Å². The van der Waals surface area contributed by atoms with E-state index in [2.05, 4.69) is 16.0 Å². The normalized spacial score (nSPS) is 20.0. The second-order valence-corrected chi connectivity index (χ2v) is 10.1. The van der Waals surface area contributed by atoms with Crippen LogP contribution >= 0.6 is 0 Å². The van der Waals surface area contributed by atoms with E-state index in [1.807, 2.05) is 13.8 Å². The number of nitrogens with one attached hydrogen (secondary N) is 5. The van der Waals surface area contributed by atoms with E-state index in [0.717, 1.165) is 0 Å². The molecule has 4 amide bonds. The van der Waals surface area contributed by atoms with Crippen molar-refractivity contribution in [3.8, 4) is 0 Å².